The largest absolute Gasteiger partial charge is 0.304 e. The smallest absolute Gasteiger partial charge is 0.114 e. The van der Waals surface area contributed by atoms with Gasteiger partial charge in [0.05, 0.1) is 6.04 Å². The Morgan fingerprint density at radius 2 is 2.17 bits per heavy atom. The minimum Gasteiger partial charge on any atom is -0.304 e. The third-order valence-corrected chi connectivity index (χ3v) is 4.09. The number of aryl methyl sites for hydroxylation is 1. The van der Waals surface area contributed by atoms with E-state index in [0.717, 1.165) is 18.0 Å². The third-order valence-electron chi connectivity index (χ3n) is 3.25. The van der Waals surface area contributed by atoms with Gasteiger partial charge in [0.15, 0.2) is 0 Å². The van der Waals surface area contributed by atoms with Crippen LogP contribution in [0.2, 0.25) is 0 Å². The van der Waals surface area contributed by atoms with Crippen molar-refractivity contribution < 1.29 is 0 Å². The van der Waals surface area contributed by atoms with E-state index < -0.39 is 0 Å². The van der Waals surface area contributed by atoms with Gasteiger partial charge in [-0.3, -0.25) is 0 Å². The number of nitrogens with zero attached hydrogens (tertiary/aromatic N) is 1. The molecule has 1 heterocycles. The van der Waals surface area contributed by atoms with Gasteiger partial charge in [-0.25, -0.2) is 4.98 Å². The fourth-order valence-corrected chi connectivity index (χ4v) is 2.81. The zero-order chi connectivity index (χ0) is 13.0. The Kier molecular flexibility index (Phi) is 4.50. The van der Waals surface area contributed by atoms with Crippen LogP contribution >= 0.6 is 11.3 Å². The second-order valence-electron chi connectivity index (χ2n) is 4.55. The summed E-state index contributed by atoms with van der Waals surface area (Å²) in [4.78, 5) is 4.47. The summed E-state index contributed by atoms with van der Waals surface area (Å²) >= 11 is 1.72. The topological polar surface area (TPSA) is 24.9 Å². The molecule has 0 fully saturated rings. The van der Waals surface area contributed by atoms with E-state index in [2.05, 4.69) is 49.3 Å². The average Bonchev–Trinajstić information content (AvgIpc) is 2.88. The van der Waals surface area contributed by atoms with Crippen molar-refractivity contribution in [3.63, 3.8) is 0 Å². The van der Waals surface area contributed by atoms with Crippen LogP contribution in [0.25, 0.3) is 0 Å². The lowest BCUT2D eigenvalue weighted by Crippen LogP contribution is -2.24. The molecule has 1 unspecified atom stereocenters. The van der Waals surface area contributed by atoms with Gasteiger partial charge < -0.3 is 5.32 Å². The quantitative estimate of drug-likeness (QED) is 0.883. The Hall–Kier alpha value is -1.19. The van der Waals surface area contributed by atoms with Crippen LogP contribution in [0.1, 0.15) is 41.1 Å². The summed E-state index contributed by atoms with van der Waals surface area (Å²) in [6, 6.07) is 6.73. The number of nitrogens with one attached hydrogen (secondary N) is 1. The van der Waals surface area contributed by atoms with Gasteiger partial charge in [-0.15, -0.1) is 11.3 Å². The van der Waals surface area contributed by atoms with Crippen molar-refractivity contribution in [1.29, 1.82) is 0 Å². The molecular weight excluding hydrogens is 240 g/mol. The Morgan fingerprint density at radius 1 is 1.33 bits per heavy atom. The van der Waals surface area contributed by atoms with E-state index in [0.29, 0.717) is 0 Å². The molecule has 1 N–H and O–H groups in total. The molecule has 2 aromatic rings. The summed E-state index contributed by atoms with van der Waals surface area (Å²) in [6.45, 7) is 7.56. The van der Waals surface area contributed by atoms with Gasteiger partial charge in [-0.1, -0.05) is 25.1 Å². The van der Waals surface area contributed by atoms with Gasteiger partial charge in [0.1, 0.15) is 5.01 Å². The minimum atomic E-state index is 0.227. The van der Waals surface area contributed by atoms with Gasteiger partial charge >= 0.3 is 0 Å². The van der Waals surface area contributed by atoms with E-state index in [1.807, 2.05) is 11.6 Å². The fourth-order valence-electron chi connectivity index (χ4n) is 2.08. The Morgan fingerprint density at radius 3 is 2.83 bits per heavy atom. The molecule has 1 atom stereocenters. The number of thiazole rings is 1. The van der Waals surface area contributed by atoms with Gasteiger partial charge in [-0.05, 0) is 43.5 Å². The molecule has 2 rings (SSSR count). The first kappa shape index (κ1) is 13.2. The summed E-state index contributed by atoms with van der Waals surface area (Å²) in [5.41, 5.74) is 4.05. The van der Waals surface area contributed by atoms with E-state index in [1.54, 1.807) is 11.3 Å². The normalized spacial score (nSPS) is 12.6. The first-order valence-electron chi connectivity index (χ1n) is 6.43. The molecule has 0 spiro atoms. The summed E-state index contributed by atoms with van der Waals surface area (Å²) in [5, 5.41) is 6.80. The lowest BCUT2D eigenvalue weighted by atomic mass is 9.97. The van der Waals surface area contributed by atoms with E-state index >= 15 is 0 Å². The maximum absolute atomic E-state index is 4.47. The van der Waals surface area contributed by atoms with Crippen molar-refractivity contribution in [2.45, 2.75) is 33.2 Å². The number of hydrogen-bond acceptors (Lipinski definition) is 3. The molecule has 0 saturated carbocycles. The lowest BCUT2D eigenvalue weighted by molar-refractivity contribution is 0.593. The van der Waals surface area contributed by atoms with Gasteiger partial charge in [0, 0.05) is 11.6 Å². The van der Waals surface area contributed by atoms with Crippen LogP contribution in [-0.4, -0.2) is 11.5 Å². The van der Waals surface area contributed by atoms with Crippen molar-refractivity contribution >= 4 is 11.3 Å². The zero-order valence-corrected chi connectivity index (χ0v) is 12.1. The minimum absolute atomic E-state index is 0.227. The van der Waals surface area contributed by atoms with Gasteiger partial charge in [0.2, 0.25) is 0 Å². The van der Waals surface area contributed by atoms with Crippen LogP contribution in [0.5, 0.6) is 0 Å². The molecule has 0 amide bonds. The monoisotopic (exact) mass is 260 g/mol. The number of rotatable bonds is 5. The second-order valence-corrected chi connectivity index (χ2v) is 5.47. The van der Waals surface area contributed by atoms with E-state index in [-0.39, 0.29) is 6.04 Å². The number of benzene rings is 1. The summed E-state index contributed by atoms with van der Waals surface area (Å²) < 4.78 is 0. The Bertz CT molecular complexity index is 491. The SMILES string of the molecule is CCCNC(c1nccs1)c1cccc(C)c1C. The molecule has 0 aliphatic heterocycles. The molecule has 0 bridgehead atoms. The Balaban J connectivity index is 2.37. The van der Waals surface area contributed by atoms with Crippen molar-refractivity contribution in [2.75, 3.05) is 6.54 Å². The molecule has 0 radical (unpaired) electrons. The molecule has 0 aliphatic carbocycles. The maximum atomic E-state index is 4.47. The van der Waals surface area contributed by atoms with E-state index in [1.165, 1.54) is 16.7 Å². The summed E-state index contributed by atoms with van der Waals surface area (Å²) in [7, 11) is 0. The van der Waals surface area contributed by atoms with E-state index in [9.17, 15) is 0 Å². The van der Waals surface area contributed by atoms with Crippen molar-refractivity contribution in [3.8, 4) is 0 Å². The van der Waals surface area contributed by atoms with Gasteiger partial charge in [-0.2, -0.15) is 0 Å². The number of aromatic nitrogens is 1. The molecule has 1 aromatic carbocycles. The fraction of sp³-hybridized carbons (Fsp3) is 0.400. The molecule has 0 aliphatic rings. The highest BCUT2D eigenvalue weighted by atomic mass is 32.1. The first-order chi connectivity index (χ1) is 8.74. The molecule has 0 saturated heterocycles. The van der Waals surface area contributed by atoms with Crippen molar-refractivity contribution in [1.82, 2.24) is 10.3 Å². The van der Waals surface area contributed by atoms with Crippen LogP contribution in [0.4, 0.5) is 0 Å². The summed E-state index contributed by atoms with van der Waals surface area (Å²) in [6.07, 6.45) is 3.01. The van der Waals surface area contributed by atoms with Crippen molar-refractivity contribution in [2.24, 2.45) is 0 Å². The second kappa shape index (κ2) is 6.12. The molecule has 1 aromatic heterocycles. The Labute approximate surface area is 113 Å². The van der Waals surface area contributed by atoms with Gasteiger partial charge in [0.25, 0.3) is 0 Å². The maximum Gasteiger partial charge on any atom is 0.114 e. The van der Waals surface area contributed by atoms with Crippen LogP contribution in [0.15, 0.2) is 29.8 Å². The van der Waals surface area contributed by atoms with Crippen LogP contribution in [0, 0.1) is 13.8 Å². The predicted octanol–water partition coefficient (Wildman–Crippen LogP) is 3.85. The highest BCUT2D eigenvalue weighted by Gasteiger charge is 2.18. The summed E-state index contributed by atoms with van der Waals surface area (Å²) in [5.74, 6) is 0. The molecule has 96 valence electrons. The number of hydrogen-bond donors (Lipinski definition) is 1. The van der Waals surface area contributed by atoms with E-state index in [4.69, 9.17) is 0 Å². The van der Waals surface area contributed by atoms with Crippen LogP contribution < -0.4 is 5.32 Å². The highest BCUT2D eigenvalue weighted by molar-refractivity contribution is 7.09. The molecule has 2 nitrogen and oxygen atoms in total. The molecular formula is C15H20N2S. The first-order valence-corrected chi connectivity index (χ1v) is 7.31. The molecule has 18 heavy (non-hydrogen) atoms. The molecule has 3 heteroatoms. The highest BCUT2D eigenvalue weighted by Crippen LogP contribution is 2.27. The zero-order valence-electron chi connectivity index (χ0n) is 11.2. The lowest BCUT2D eigenvalue weighted by Gasteiger charge is -2.19. The van der Waals surface area contributed by atoms with Crippen LogP contribution in [0.3, 0.4) is 0 Å². The van der Waals surface area contributed by atoms with Crippen LogP contribution in [-0.2, 0) is 0 Å². The van der Waals surface area contributed by atoms with Crippen molar-refractivity contribution in [3.05, 3.63) is 51.5 Å². The standard InChI is InChI=1S/C15H20N2S/c1-4-8-16-14(15-17-9-10-18-15)13-7-5-6-11(2)12(13)3/h5-7,9-10,14,16H,4,8H2,1-3H3. The predicted molar refractivity (Wildman–Crippen MR) is 78.2 cm³/mol. The average molecular weight is 260 g/mol. The third kappa shape index (κ3) is 2.79.